The van der Waals surface area contributed by atoms with E-state index in [-0.39, 0.29) is 35.7 Å². The number of aliphatic hydroxyl groups is 1. The Kier molecular flexibility index (Phi) is 10.6. The third-order valence-electron chi connectivity index (χ3n) is 4.46. The van der Waals surface area contributed by atoms with Crippen molar-refractivity contribution in [3.05, 3.63) is 35.4 Å². The number of nitrogens with zero attached hydrogens (tertiary/aromatic N) is 1. The molecule has 154 valence electrons. The molecule has 0 atom stereocenters. The fraction of sp³-hybridized carbons (Fsp3) is 0.667. The SMILES string of the molecule is CCNC(=NCc1cccc(COC(C)(C)C)c1)NC1CCC(O)CC1.I. The first kappa shape index (κ1) is 24.2. The van der Waals surface area contributed by atoms with Gasteiger partial charge >= 0.3 is 0 Å². The van der Waals surface area contributed by atoms with E-state index in [9.17, 15) is 5.11 Å². The van der Waals surface area contributed by atoms with Crippen molar-refractivity contribution in [2.75, 3.05) is 6.54 Å². The van der Waals surface area contributed by atoms with Crippen molar-refractivity contribution in [2.45, 2.75) is 84.3 Å². The van der Waals surface area contributed by atoms with Crippen LogP contribution in [0.15, 0.2) is 29.3 Å². The molecule has 5 nitrogen and oxygen atoms in total. The molecular formula is C21H36IN3O2. The van der Waals surface area contributed by atoms with Crippen LogP contribution >= 0.6 is 24.0 Å². The van der Waals surface area contributed by atoms with Crippen LogP contribution in [0.25, 0.3) is 0 Å². The molecule has 1 aliphatic rings. The number of benzene rings is 1. The normalized spacial score (nSPS) is 20.7. The minimum atomic E-state index is -0.135. The molecule has 3 N–H and O–H groups in total. The zero-order valence-corrected chi connectivity index (χ0v) is 19.5. The highest BCUT2D eigenvalue weighted by atomic mass is 127. The highest BCUT2D eigenvalue weighted by molar-refractivity contribution is 14.0. The zero-order valence-electron chi connectivity index (χ0n) is 17.1. The molecule has 0 heterocycles. The first-order chi connectivity index (χ1) is 12.4. The van der Waals surface area contributed by atoms with Crippen LogP contribution in [-0.4, -0.2) is 35.4 Å². The molecule has 0 bridgehead atoms. The third kappa shape index (κ3) is 9.76. The summed E-state index contributed by atoms with van der Waals surface area (Å²) in [5, 5.41) is 16.5. The van der Waals surface area contributed by atoms with Gasteiger partial charge in [0, 0.05) is 12.6 Å². The van der Waals surface area contributed by atoms with Gasteiger partial charge in [-0.3, -0.25) is 0 Å². The summed E-state index contributed by atoms with van der Waals surface area (Å²) in [4.78, 5) is 4.74. The maximum absolute atomic E-state index is 9.65. The molecule has 0 unspecified atom stereocenters. The van der Waals surface area contributed by atoms with Crippen LogP contribution in [0, 0.1) is 0 Å². The second kappa shape index (κ2) is 11.9. The number of nitrogens with one attached hydrogen (secondary N) is 2. The molecule has 0 radical (unpaired) electrons. The number of rotatable bonds is 6. The van der Waals surface area contributed by atoms with E-state index in [1.54, 1.807) is 0 Å². The number of aliphatic imine (C=N–C) groups is 1. The summed E-state index contributed by atoms with van der Waals surface area (Å²) in [5.41, 5.74) is 2.22. The minimum Gasteiger partial charge on any atom is -0.393 e. The summed E-state index contributed by atoms with van der Waals surface area (Å²) in [6, 6.07) is 8.81. The van der Waals surface area contributed by atoms with Crippen molar-refractivity contribution in [2.24, 2.45) is 4.99 Å². The lowest BCUT2D eigenvalue weighted by Crippen LogP contribution is -2.45. The van der Waals surface area contributed by atoms with Crippen LogP contribution in [0.5, 0.6) is 0 Å². The van der Waals surface area contributed by atoms with Crippen LogP contribution in [0.4, 0.5) is 0 Å². The Morgan fingerprint density at radius 1 is 1.19 bits per heavy atom. The van der Waals surface area contributed by atoms with Crippen LogP contribution in [-0.2, 0) is 17.9 Å². The van der Waals surface area contributed by atoms with Crippen molar-refractivity contribution >= 4 is 29.9 Å². The van der Waals surface area contributed by atoms with Gasteiger partial charge in [0.15, 0.2) is 5.96 Å². The molecule has 0 spiro atoms. The van der Waals surface area contributed by atoms with Gasteiger partial charge in [-0.25, -0.2) is 4.99 Å². The highest BCUT2D eigenvalue weighted by Crippen LogP contribution is 2.18. The summed E-state index contributed by atoms with van der Waals surface area (Å²) in [6.07, 6.45) is 3.58. The van der Waals surface area contributed by atoms with Crippen molar-refractivity contribution in [3.63, 3.8) is 0 Å². The monoisotopic (exact) mass is 489 g/mol. The van der Waals surface area contributed by atoms with Gasteiger partial charge in [0.1, 0.15) is 0 Å². The van der Waals surface area contributed by atoms with Gasteiger partial charge in [-0.05, 0) is 64.5 Å². The summed E-state index contributed by atoms with van der Waals surface area (Å²) in [6.45, 7) is 10.4. The number of ether oxygens (including phenoxy) is 1. The van der Waals surface area contributed by atoms with Crippen molar-refractivity contribution in [1.82, 2.24) is 10.6 Å². The second-order valence-corrected chi connectivity index (χ2v) is 8.07. The lowest BCUT2D eigenvalue weighted by molar-refractivity contribution is -0.0149. The van der Waals surface area contributed by atoms with Crippen molar-refractivity contribution in [1.29, 1.82) is 0 Å². The number of aliphatic hydroxyl groups excluding tert-OH is 1. The lowest BCUT2D eigenvalue weighted by atomic mass is 9.93. The molecule has 1 aliphatic carbocycles. The van der Waals surface area contributed by atoms with E-state index in [4.69, 9.17) is 9.73 Å². The fourth-order valence-corrected chi connectivity index (χ4v) is 3.02. The molecule has 27 heavy (non-hydrogen) atoms. The maximum Gasteiger partial charge on any atom is 0.191 e. The topological polar surface area (TPSA) is 65.9 Å². The second-order valence-electron chi connectivity index (χ2n) is 8.07. The standard InChI is InChI=1S/C21H35N3O2.HI/c1-5-22-20(24-18-9-11-19(25)12-10-18)23-14-16-7-6-8-17(13-16)15-26-21(2,3)4;/h6-8,13,18-19,25H,5,9-12,14-15H2,1-4H3,(H2,22,23,24);1H. The highest BCUT2D eigenvalue weighted by Gasteiger charge is 2.19. The summed E-state index contributed by atoms with van der Waals surface area (Å²) in [5.74, 6) is 0.852. The van der Waals surface area contributed by atoms with Gasteiger partial charge in [0.25, 0.3) is 0 Å². The third-order valence-corrected chi connectivity index (χ3v) is 4.46. The van der Waals surface area contributed by atoms with E-state index < -0.39 is 0 Å². The molecule has 1 aromatic rings. The summed E-state index contributed by atoms with van der Waals surface area (Å²) in [7, 11) is 0. The maximum atomic E-state index is 9.65. The van der Waals surface area contributed by atoms with Gasteiger partial charge in [0.2, 0.25) is 0 Å². The lowest BCUT2D eigenvalue weighted by Gasteiger charge is -2.27. The van der Waals surface area contributed by atoms with E-state index in [1.807, 2.05) is 0 Å². The molecule has 1 fully saturated rings. The van der Waals surface area contributed by atoms with Crippen molar-refractivity contribution in [3.8, 4) is 0 Å². The Balaban J connectivity index is 0.00000364. The average Bonchev–Trinajstić information content (AvgIpc) is 2.60. The van der Waals surface area contributed by atoms with Crippen LogP contribution in [0.2, 0.25) is 0 Å². The molecular weight excluding hydrogens is 453 g/mol. The van der Waals surface area contributed by atoms with Crippen LogP contribution < -0.4 is 10.6 Å². The summed E-state index contributed by atoms with van der Waals surface area (Å²) >= 11 is 0. The first-order valence-corrected chi connectivity index (χ1v) is 9.80. The number of guanidine groups is 1. The van der Waals surface area contributed by atoms with E-state index in [1.165, 1.54) is 11.1 Å². The molecule has 0 saturated heterocycles. The largest absolute Gasteiger partial charge is 0.393 e. The number of hydrogen-bond donors (Lipinski definition) is 3. The van der Waals surface area contributed by atoms with Gasteiger partial charge in [0.05, 0.1) is 24.9 Å². The Labute approximate surface area is 181 Å². The van der Waals surface area contributed by atoms with Gasteiger partial charge in [-0.1, -0.05) is 24.3 Å². The van der Waals surface area contributed by atoms with Crippen LogP contribution in [0.3, 0.4) is 0 Å². The number of halogens is 1. The Hall–Kier alpha value is -0.860. The predicted octanol–water partition coefficient (Wildman–Crippen LogP) is 3.98. The average molecular weight is 489 g/mol. The molecule has 0 amide bonds. The molecule has 6 heteroatoms. The van der Waals surface area contributed by atoms with Gasteiger partial charge < -0.3 is 20.5 Å². The molecule has 1 aromatic carbocycles. The molecule has 0 aromatic heterocycles. The molecule has 1 saturated carbocycles. The van der Waals surface area contributed by atoms with E-state index in [0.717, 1.165) is 38.2 Å². The van der Waals surface area contributed by atoms with E-state index in [0.29, 0.717) is 19.2 Å². The summed E-state index contributed by atoms with van der Waals surface area (Å²) < 4.78 is 5.86. The van der Waals surface area contributed by atoms with E-state index in [2.05, 4.69) is 62.6 Å². The Morgan fingerprint density at radius 2 is 1.85 bits per heavy atom. The van der Waals surface area contributed by atoms with E-state index >= 15 is 0 Å². The van der Waals surface area contributed by atoms with Crippen molar-refractivity contribution < 1.29 is 9.84 Å². The van der Waals surface area contributed by atoms with Crippen LogP contribution in [0.1, 0.15) is 64.5 Å². The Bertz CT molecular complexity index is 579. The number of hydrogen-bond acceptors (Lipinski definition) is 3. The zero-order chi connectivity index (χ0) is 19.0. The quantitative estimate of drug-likeness (QED) is 0.322. The van der Waals surface area contributed by atoms with Gasteiger partial charge in [-0.15, -0.1) is 24.0 Å². The molecule has 2 rings (SSSR count). The fourth-order valence-electron chi connectivity index (χ4n) is 3.02. The predicted molar refractivity (Wildman–Crippen MR) is 123 cm³/mol. The Morgan fingerprint density at radius 3 is 2.48 bits per heavy atom. The van der Waals surface area contributed by atoms with Gasteiger partial charge in [-0.2, -0.15) is 0 Å². The minimum absolute atomic E-state index is 0. The molecule has 0 aliphatic heterocycles. The smallest absolute Gasteiger partial charge is 0.191 e. The first-order valence-electron chi connectivity index (χ1n) is 9.80.